The largest absolute Gasteiger partial charge is 0.309 e. The molecule has 1 aromatic rings. The summed E-state index contributed by atoms with van der Waals surface area (Å²) in [5, 5.41) is 8.68. The van der Waals surface area contributed by atoms with Crippen LogP contribution in [0.15, 0.2) is 24.3 Å². The molecule has 1 atom stereocenters. The van der Waals surface area contributed by atoms with Crippen LogP contribution in [-0.2, 0) is 0 Å². The Morgan fingerprint density at radius 1 is 1.33 bits per heavy atom. The SMILES string of the molecule is CN(C)CCC(Cl)c1ccc(C#N)cc1. The lowest BCUT2D eigenvalue weighted by atomic mass is 10.1. The average molecular weight is 223 g/mol. The summed E-state index contributed by atoms with van der Waals surface area (Å²) in [6, 6.07) is 9.55. The lowest BCUT2D eigenvalue weighted by Gasteiger charge is -2.13. The van der Waals surface area contributed by atoms with Crippen LogP contribution in [-0.4, -0.2) is 25.5 Å². The number of benzene rings is 1. The molecule has 0 heterocycles. The van der Waals surface area contributed by atoms with Gasteiger partial charge in [0.05, 0.1) is 17.0 Å². The summed E-state index contributed by atoms with van der Waals surface area (Å²) in [7, 11) is 4.06. The fraction of sp³-hybridized carbons (Fsp3) is 0.417. The number of halogens is 1. The predicted octanol–water partition coefficient (Wildman–Crippen LogP) is 2.79. The molecule has 0 aliphatic carbocycles. The van der Waals surface area contributed by atoms with Crippen LogP contribution in [0.4, 0.5) is 0 Å². The Hall–Kier alpha value is -1.04. The number of hydrogen-bond acceptors (Lipinski definition) is 2. The minimum Gasteiger partial charge on any atom is -0.309 e. The Bertz CT molecular complexity index is 338. The monoisotopic (exact) mass is 222 g/mol. The zero-order valence-corrected chi connectivity index (χ0v) is 9.83. The highest BCUT2D eigenvalue weighted by molar-refractivity contribution is 6.20. The van der Waals surface area contributed by atoms with E-state index in [9.17, 15) is 0 Å². The molecule has 0 aliphatic rings. The predicted molar refractivity (Wildman–Crippen MR) is 62.9 cm³/mol. The van der Waals surface area contributed by atoms with Gasteiger partial charge in [0, 0.05) is 0 Å². The molecule has 0 aliphatic heterocycles. The van der Waals surface area contributed by atoms with Crippen LogP contribution in [0, 0.1) is 11.3 Å². The van der Waals surface area contributed by atoms with E-state index in [2.05, 4.69) is 11.0 Å². The topological polar surface area (TPSA) is 27.0 Å². The third-order valence-electron chi connectivity index (χ3n) is 2.23. The fourth-order valence-corrected chi connectivity index (χ4v) is 1.55. The van der Waals surface area contributed by atoms with Crippen LogP contribution >= 0.6 is 11.6 Å². The zero-order valence-electron chi connectivity index (χ0n) is 9.07. The standard InChI is InChI=1S/C12H15ClN2/c1-15(2)8-7-12(13)11-5-3-10(9-14)4-6-11/h3-6,12H,7-8H2,1-2H3. The number of nitriles is 1. The van der Waals surface area contributed by atoms with Gasteiger partial charge in [0.25, 0.3) is 0 Å². The number of hydrogen-bond donors (Lipinski definition) is 0. The molecular formula is C12H15ClN2. The smallest absolute Gasteiger partial charge is 0.0991 e. The van der Waals surface area contributed by atoms with Gasteiger partial charge in [0.1, 0.15) is 0 Å². The minimum absolute atomic E-state index is 0.0279. The van der Waals surface area contributed by atoms with Crippen LogP contribution in [0.3, 0.4) is 0 Å². The molecule has 0 aromatic heterocycles. The normalized spacial score (nSPS) is 12.5. The summed E-state index contributed by atoms with van der Waals surface area (Å²) in [6.07, 6.45) is 0.917. The zero-order chi connectivity index (χ0) is 11.3. The molecule has 0 amide bonds. The van der Waals surface area contributed by atoms with Crippen LogP contribution in [0.25, 0.3) is 0 Å². The molecule has 0 saturated carbocycles. The summed E-state index contributed by atoms with van der Waals surface area (Å²) in [5.74, 6) is 0. The van der Waals surface area contributed by atoms with E-state index in [4.69, 9.17) is 16.9 Å². The van der Waals surface area contributed by atoms with Crippen molar-refractivity contribution in [1.82, 2.24) is 4.90 Å². The van der Waals surface area contributed by atoms with Gasteiger partial charge in [-0.05, 0) is 44.8 Å². The molecule has 1 unspecified atom stereocenters. The summed E-state index contributed by atoms with van der Waals surface area (Å²) in [4.78, 5) is 2.11. The first-order chi connectivity index (χ1) is 7.13. The Balaban J connectivity index is 2.58. The van der Waals surface area contributed by atoms with Crippen molar-refractivity contribution in [2.75, 3.05) is 20.6 Å². The van der Waals surface area contributed by atoms with Crippen molar-refractivity contribution in [2.24, 2.45) is 0 Å². The quantitative estimate of drug-likeness (QED) is 0.733. The molecule has 0 bridgehead atoms. The first-order valence-electron chi connectivity index (χ1n) is 4.92. The van der Waals surface area contributed by atoms with Crippen molar-refractivity contribution in [3.05, 3.63) is 35.4 Å². The molecule has 80 valence electrons. The number of nitrogens with zero attached hydrogens (tertiary/aromatic N) is 2. The van der Waals surface area contributed by atoms with Gasteiger partial charge >= 0.3 is 0 Å². The molecular weight excluding hydrogens is 208 g/mol. The molecule has 1 rings (SSSR count). The van der Waals surface area contributed by atoms with E-state index in [0.29, 0.717) is 5.56 Å². The average Bonchev–Trinajstić information content (AvgIpc) is 2.26. The van der Waals surface area contributed by atoms with Gasteiger partial charge in [-0.3, -0.25) is 0 Å². The molecule has 0 radical (unpaired) electrons. The fourth-order valence-electron chi connectivity index (χ4n) is 1.30. The van der Waals surface area contributed by atoms with Gasteiger partial charge in [-0.15, -0.1) is 11.6 Å². The lowest BCUT2D eigenvalue weighted by Crippen LogP contribution is -2.14. The molecule has 0 N–H and O–H groups in total. The first-order valence-corrected chi connectivity index (χ1v) is 5.36. The first kappa shape index (κ1) is 12.0. The lowest BCUT2D eigenvalue weighted by molar-refractivity contribution is 0.398. The Morgan fingerprint density at radius 2 is 1.93 bits per heavy atom. The second-order valence-corrected chi connectivity index (χ2v) is 4.32. The van der Waals surface area contributed by atoms with Crippen molar-refractivity contribution < 1.29 is 0 Å². The van der Waals surface area contributed by atoms with Gasteiger partial charge in [-0.25, -0.2) is 0 Å². The third-order valence-corrected chi connectivity index (χ3v) is 2.70. The maximum atomic E-state index is 8.65. The van der Waals surface area contributed by atoms with Crippen molar-refractivity contribution >= 4 is 11.6 Å². The summed E-state index contributed by atoms with van der Waals surface area (Å²) >= 11 is 6.24. The molecule has 1 aromatic carbocycles. The van der Waals surface area contributed by atoms with Crippen molar-refractivity contribution in [3.8, 4) is 6.07 Å². The molecule has 3 heteroatoms. The molecule has 0 spiro atoms. The molecule has 0 fully saturated rings. The highest BCUT2D eigenvalue weighted by Crippen LogP contribution is 2.24. The highest BCUT2D eigenvalue weighted by Gasteiger charge is 2.07. The van der Waals surface area contributed by atoms with E-state index in [1.165, 1.54) is 0 Å². The van der Waals surface area contributed by atoms with E-state index in [-0.39, 0.29) is 5.38 Å². The van der Waals surface area contributed by atoms with E-state index in [1.807, 2.05) is 26.2 Å². The van der Waals surface area contributed by atoms with E-state index < -0.39 is 0 Å². The Kier molecular flexibility index (Phi) is 4.61. The second-order valence-electron chi connectivity index (χ2n) is 3.79. The third kappa shape index (κ3) is 3.91. The summed E-state index contributed by atoms with van der Waals surface area (Å²) in [6.45, 7) is 0.966. The van der Waals surface area contributed by atoms with Gasteiger partial charge in [0.15, 0.2) is 0 Å². The van der Waals surface area contributed by atoms with Crippen molar-refractivity contribution in [2.45, 2.75) is 11.8 Å². The maximum Gasteiger partial charge on any atom is 0.0991 e. The maximum absolute atomic E-state index is 8.65. The van der Waals surface area contributed by atoms with Crippen LogP contribution < -0.4 is 0 Å². The second kappa shape index (κ2) is 5.75. The van der Waals surface area contributed by atoms with Gasteiger partial charge < -0.3 is 4.90 Å². The molecule has 0 saturated heterocycles. The van der Waals surface area contributed by atoms with Crippen molar-refractivity contribution in [1.29, 1.82) is 5.26 Å². The van der Waals surface area contributed by atoms with E-state index >= 15 is 0 Å². The Labute approximate surface area is 96.1 Å². The Morgan fingerprint density at radius 3 is 2.40 bits per heavy atom. The van der Waals surface area contributed by atoms with Gasteiger partial charge in [-0.2, -0.15) is 5.26 Å². The number of alkyl halides is 1. The summed E-state index contributed by atoms with van der Waals surface area (Å²) in [5.41, 5.74) is 1.76. The van der Waals surface area contributed by atoms with Gasteiger partial charge in [0.2, 0.25) is 0 Å². The summed E-state index contributed by atoms with van der Waals surface area (Å²) < 4.78 is 0. The van der Waals surface area contributed by atoms with E-state index in [0.717, 1.165) is 18.5 Å². The van der Waals surface area contributed by atoms with Crippen molar-refractivity contribution in [3.63, 3.8) is 0 Å². The van der Waals surface area contributed by atoms with Gasteiger partial charge in [-0.1, -0.05) is 12.1 Å². The number of rotatable bonds is 4. The highest BCUT2D eigenvalue weighted by atomic mass is 35.5. The minimum atomic E-state index is 0.0279. The van der Waals surface area contributed by atoms with Crippen LogP contribution in [0.2, 0.25) is 0 Å². The molecule has 2 nitrogen and oxygen atoms in total. The molecule has 15 heavy (non-hydrogen) atoms. The van der Waals surface area contributed by atoms with Crippen LogP contribution in [0.1, 0.15) is 22.9 Å². The van der Waals surface area contributed by atoms with Crippen LogP contribution in [0.5, 0.6) is 0 Å². The van der Waals surface area contributed by atoms with E-state index in [1.54, 1.807) is 12.1 Å².